The van der Waals surface area contributed by atoms with E-state index in [9.17, 15) is 0 Å². The smallest absolute Gasteiger partial charge is 0.125 e. The van der Waals surface area contributed by atoms with Crippen LogP contribution < -0.4 is 5.32 Å². The van der Waals surface area contributed by atoms with E-state index in [4.69, 9.17) is 10.2 Å². The lowest BCUT2D eigenvalue weighted by atomic mass is 10.3. The van der Waals surface area contributed by atoms with Gasteiger partial charge in [0.25, 0.3) is 0 Å². The molecule has 0 saturated heterocycles. The first kappa shape index (κ1) is 8.96. The van der Waals surface area contributed by atoms with Crippen molar-refractivity contribution in [3.63, 3.8) is 0 Å². The highest BCUT2D eigenvalue weighted by atomic mass is 16.3. The zero-order valence-electron chi connectivity index (χ0n) is 6.70. The quantitative estimate of drug-likeness (QED) is 0.591. The van der Waals surface area contributed by atoms with Crippen molar-refractivity contribution in [3.8, 4) is 0 Å². The Kier molecular flexibility index (Phi) is 3.50. The van der Waals surface area contributed by atoms with E-state index in [1.807, 2.05) is 0 Å². The van der Waals surface area contributed by atoms with Crippen LogP contribution in [0.5, 0.6) is 0 Å². The van der Waals surface area contributed by atoms with Crippen molar-refractivity contribution >= 4 is 5.82 Å². The largest absolute Gasteiger partial charge is 0.395 e. The maximum absolute atomic E-state index is 8.70. The van der Waals surface area contributed by atoms with E-state index in [0.717, 1.165) is 5.56 Å². The van der Waals surface area contributed by atoms with E-state index in [1.165, 1.54) is 0 Å². The van der Waals surface area contributed by atoms with Gasteiger partial charge >= 0.3 is 0 Å². The summed E-state index contributed by atoms with van der Waals surface area (Å²) in [5, 5.41) is 20.1. The van der Waals surface area contributed by atoms with E-state index in [2.05, 4.69) is 10.3 Å². The second-order valence-corrected chi connectivity index (χ2v) is 2.36. The third-order valence-corrected chi connectivity index (χ3v) is 1.43. The minimum atomic E-state index is 0.00722. The molecule has 0 radical (unpaired) electrons. The Labute approximate surface area is 70.9 Å². The molecular weight excluding hydrogens is 156 g/mol. The molecule has 0 amide bonds. The van der Waals surface area contributed by atoms with Crippen molar-refractivity contribution in [2.24, 2.45) is 0 Å². The van der Waals surface area contributed by atoms with Crippen LogP contribution in [0.15, 0.2) is 18.3 Å². The van der Waals surface area contributed by atoms with E-state index in [-0.39, 0.29) is 13.2 Å². The lowest BCUT2D eigenvalue weighted by Crippen LogP contribution is -2.06. The third kappa shape index (κ3) is 2.48. The molecule has 1 aromatic rings. The van der Waals surface area contributed by atoms with Crippen molar-refractivity contribution in [3.05, 3.63) is 23.9 Å². The zero-order valence-corrected chi connectivity index (χ0v) is 6.70. The number of pyridine rings is 1. The van der Waals surface area contributed by atoms with Gasteiger partial charge in [-0.3, -0.25) is 0 Å². The number of aliphatic hydroxyl groups is 2. The highest BCUT2D eigenvalue weighted by molar-refractivity contribution is 5.35. The Morgan fingerprint density at radius 3 is 2.67 bits per heavy atom. The average Bonchev–Trinajstić information content (AvgIpc) is 2.15. The molecule has 4 nitrogen and oxygen atoms in total. The van der Waals surface area contributed by atoms with Gasteiger partial charge < -0.3 is 15.5 Å². The Hall–Kier alpha value is -1.13. The molecule has 1 rings (SSSR count). The maximum Gasteiger partial charge on any atom is 0.125 e. The molecule has 1 aromatic heterocycles. The van der Waals surface area contributed by atoms with Crippen LogP contribution in [0, 0.1) is 0 Å². The second kappa shape index (κ2) is 4.69. The van der Waals surface area contributed by atoms with Crippen molar-refractivity contribution in [1.29, 1.82) is 0 Å². The Morgan fingerprint density at radius 2 is 2.17 bits per heavy atom. The predicted molar refractivity (Wildman–Crippen MR) is 45.7 cm³/mol. The van der Waals surface area contributed by atoms with Gasteiger partial charge in [0.1, 0.15) is 5.82 Å². The van der Waals surface area contributed by atoms with Gasteiger partial charge in [0, 0.05) is 12.7 Å². The molecule has 0 aliphatic carbocycles. The fourth-order valence-corrected chi connectivity index (χ4v) is 0.807. The number of hydrogen-bond donors (Lipinski definition) is 3. The summed E-state index contributed by atoms with van der Waals surface area (Å²) in [6.45, 7) is 0.585. The molecule has 0 spiro atoms. The Bertz CT molecular complexity index is 223. The minimum absolute atomic E-state index is 0.00722. The van der Waals surface area contributed by atoms with E-state index >= 15 is 0 Å². The van der Waals surface area contributed by atoms with E-state index in [1.54, 1.807) is 18.3 Å². The SMILES string of the molecule is OCCNc1ccc(CO)cn1. The highest BCUT2D eigenvalue weighted by Crippen LogP contribution is 2.03. The molecule has 0 atom stereocenters. The van der Waals surface area contributed by atoms with Crippen LogP contribution in [0.25, 0.3) is 0 Å². The lowest BCUT2D eigenvalue weighted by Gasteiger charge is -2.02. The molecule has 0 saturated carbocycles. The molecule has 4 heteroatoms. The molecule has 0 aliphatic heterocycles. The highest BCUT2D eigenvalue weighted by Gasteiger charge is 1.92. The second-order valence-electron chi connectivity index (χ2n) is 2.36. The summed E-state index contributed by atoms with van der Waals surface area (Å²) in [7, 11) is 0. The zero-order chi connectivity index (χ0) is 8.81. The lowest BCUT2D eigenvalue weighted by molar-refractivity contribution is 0.281. The fourth-order valence-electron chi connectivity index (χ4n) is 0.807. The molecular formula is C8H12N2O2. The molecule has 0 unspecified atom stereocenters. The molecule has 0 aliphatic rings. The Balaban J connectivity index is 2.53. The topological polar surface area (TPSA) is 65.4 Å². The molecule has 0 bridgehead atoms. The minimum Gasteiger partial charge on any atom is -0.395 e. The van der Waals surface area contributed by atoms with Crippen LogP contribution in [-0.4, -0.2) is 28.3 Å². The number of hydrogen-bond acceptors (Lipinski definition) is 4. The summed E-state index contributed by atoms with van der Waals surface area (Å²) in [6.07, 6.45) is 1.60. The van der Waals surface area contributed by atoms with Gasteiger partial charge in [-0.2, -0.15) is 0 Å². The average molecular weight is 168 g/mol. The van der Waals surface area contributed by atoms with Gasteiger partial charge in [0.2, 0.25) is 0 Å². The third-order valence-electron chi connectivity index (χ3n) is 1.43. The van der Waals surface area contributed by atoms with Gasteiger partial charge in [0.05, 0.1) is 13.2 Å². The van der Waals surface area contributed by atoms with Crippen molar-refractivity contribution in [2.75, 3.05) is 18.5 Å². The van der Waals surface area contributed by atoms with Crippen LogP contribution in [0.1, 0.15) is 5.56 Å². The molecule has 3 N–H and O–H groups in total. The van der Waals surface area contributed by atoms with Crippen molar-refractivity contribution < 1.29 is 10.2 Å². The van der Waals surface area contributed by atoms with Crippen molar-refractivity contribution in [1.82, 2.24) is 4.98 Å². The number of aromatic nitrogens is 1. The number of nitrogens with zero attached hydrogens (tertiary/aromatic N) is 1. The van der Waals surface area contributed by atoms with Gasteiger partial charge in [0.15, 0.2) is 0 Å². The van der Waals surface area contributed by atoms with Crippen LogP contribution in [-0.2, 0) is 6.61 Å². The van der Waals surface area contributed by atoms with Crippen LogP contribution in [0.2, 0.25) is 0 Å². The standard InChI is InChI=1S/C8H12N2O2/c11-4-3-9-8-2-1-7(6-12)5-10-8/h1-2,5,11-12H,3-4,6H2,(H,9,10). The first-order valence-electron chi connectivity index (χ1n) is 3.77. The monoisotopic (exact) mass is 168 g/mol. The summed E-state index contributed by atoms with van der Waals surface area (Å²) in [4.78, 5) is 4.00. The number of aliphatic hydroxyl groups excluding tert-OH is 2. The molecule has 66 valence electrons. The first-order valence-corrected chi connectivity index (χ1v) is 3.77. The molecule has 12 heavy (non-hydrogen) atoms. The van der Waals surface area contributed by atoms with Gasteiger partial charge in [-0.25, -0.2) is 4.98 Å². The summed E-state index contributed by atoms with van der Waals surface area (Å²) >= 11 is 0. The fraction of sp³-hybridized carbons (Fsp3) is 0.375. The van der Waals surface area contributed by atoms with E-state index < -0.39 is 0 Å². The van der Waals surface area contributed by atoms with E-state index in [0.29, 0.717) is 12.4 Å². The number of nitrogens with one attached hydrogen (secondary N) is 1. The summed E-state index contributed by atoms with van der Waals surface area (Å²) < 4.78 is 0. The molecule has 0 fully saturated rings. The van der Waals surface area contributed by atoms with Crippen LogP contribution >= 0.6 is 0 Å². The summed E-state index contributed by atoms with van der Waals surface area (Å²) in [6, 6.07) is 3.55. The summed E-state index contributed by atoms with van der Waals surface area (Å²) in [5.74, 6) is 0.709. The van der Waals surface area contributed by atoms with Crippen LogP contribution in [0.3, 0.4) is 0 Å². The normalized spacial score (nSPS) is 9.83. The predicted octanol–water partition coefficient (Wildman–Crippen LogP) is -0.0219. The van der Waals surface area contributed by atoms with Gasteiger partial charge in [-0.1, -0.05) is 6.07 Å². The Morgan fingerprint density at radius 1 is 1.33 bits per heavy atom. The molecule has 1 heterocycles. The maximum atomic E-state index is 8.70. The summed E-state index contributed by atoms with van der Waals surface area (Å²) in [5.41, 5.74) is 0.782. The van der Waals surface area contributed by atoms with Gasteiger partial charge in [-0.15, -0.1) is 0 Å². The first-order chi connectivity index (χ1) is 5.86. The number of anilines is 1. The van der Waals surface area contributed by atoms with Crippen LogP contribution in [0.4, 0.5) is 5.82 Å². The van der Waals surface area contributed by atoms with Crippen molar-refractivity contribution in [2.45, 2.75) is 6.61 Å². The van der Waals surface area contributed by atoms with Gasteiger partial charge in [-0.05, 0) is 11.6 Å². The number of rotatable bonds is 4. The molecule has 0 aromatic carbocycles.